The van der Waals surface area contributed by atoms with Crippen LogP contribution in [0.4, 0.5) is 0 Å². The third-order valence-corrected chi connectivity index (χ3v) is 5.83. The Bertz CT molecular complexity index is 662. The zero-order chi connectivity index (χ0) is 18.6. The van der Waals surface area contributed by atoms with E-state index < -0.39 is 0 Å². The van der Waals surface area contributed by atoms with E-state index in [4.69, 9.17) is 14.2 Å². The molecule has 152 valence electrons. The molecular weight excluding hydrogens is 457 g/mol. The molecule has 7 heteroatoms. The van der Waals surface area contributed by atoms with Crippen molar-refractivity contribution in [1.29, 1.82) is 0 Å². The fourth-order valence-corrected chi connectivity index (χ4v) is 4.20. The van der Waals surface area contributed by atoms with E-state index in [0.717, 1.165) is 43.3 Å². The van der Waals surface area contributed by atoms with Gasteiger partial charge in [0.15, 0.2) is 17.5 Å². The SMILES string of the molecule is CN=C(NCCc1ccc(OC)c(OC)c1OC)N1CCC2(CCC2)C1.I. The lowest BCUT2D eigenvalue weighted by molar-refractivity contribution is 0.151. The molecule has 1 heterocycles. The fraction of sp³-hybridized carbons (Fsp3) is 0.650. The predicted molar refractivity (Wildman–Crippen MR) is 119 cm³/mol. The van der Waals surface area contributed by atoms with Crippen LogP contribution in [0.2, 0.25) is 0 Å². The Morgan fingerprint density at radius 2 is 1.85 bits per heavy atom. The van der Waals surface area contributed by atoms with Crippen molar-refractivity contribution < 1.29 is 14.2 Å². The molecule has 1 aliphatic carbocycles. The molecule has 0 unspecified atom stereocenters. The summed E-state index contributed by atoms with van der Waals surface area (Å²) in [6, 6.07) is 3.95. The van der Waals surface area contributed by atoms with Crippen molar-refractivity contribution in [2.45, 2.75) is 32.1 Å². The Balaban J connectivity index is 0.00000261. The van der Waals surface area contributed by atoms with E-state index in [1.165, 1.54) is 25.7 Å². The molecule has 2 fully saturated rings. The Kier molecular flexibility index (Phi) is 7.88. The van der Waals surface area contributed by atoms with E-state index in [2.05, 4.69) is 15.2 Å². The lowest BCUT2D eigenvalue weighted by Gasteiger charge is -2.38. The van der Waals surface area contributed by atoms with Crippen molar-refractivity contribution in [3.63, 3.8) is 0 Å². The standard InChI is InChI=1S/C20H31N3O3.HI/c1-21-19(23-13-11-20(14-23)9-5-10-20)22-12-8-15-6-7-16(24-2)18(26-4)17(15)25-3;/h6-7H,5,8-14H2,1-4H3,(H,21,22);1H. The molecule has 1 aliphatic heterocycles. The van der Waals surface area contributed by atoms with Crippen LogP contribution in [0.3, 0.4) is 0 Å². The normalized spacial score (nSPS) is 17.9. The van der Waals surface area contributed by atoms with Gasteiger partial charge in [-0.1, -0.05) is 12.5 Å². The van der Waals surface area contributed by atoms with Crippen LogP contribution in [-0.4, -0.2) is 58.9 Å². The Hall–Kier alpha value is -1.38. The number of benzene rings is 1. The largest absolute Gasteiger partial charge is 0.493 e. The number of nitrogens with zero attached hydrogens (tertiary/aromatic N) is 2. The molecule has 0 amide bonds. The molecule has 2 aliphatic rings. The number of ether oxygens (including phenoxy) is 3. The molecule has 6 nitrogen and oxygen atoms in total. The Morgan fingerprint density at radius 1 is 1.11 bits per heavy atom. The van der Waals surface area contributed by atoms with Crippen LogP contribution in [-0.2, 0) is 6.42 Å². The second-order valence-corrected chi connectivity index (χ2v) is 7.24. The van der Waals surface area contributed by atoms with Crippen LogP contribution in [0.25, 0.3) is 0 Å². The first-order chi connectivity index (χ1) is 12.7. The van der Waals surface area contributed by atoms with Gasteiger partial charge in [0.1, 0.15) is 0 Å². The third-order valence-electron chi connectivity index (χ3n) is 5.83. The highest BCUT2D eigenvalue weighted by atomic mass is 127. The highest BCUT2D eigenvalue weighted by Gasteiger charge is 2.43. The lowest BCUT2D eigenvalue weighted by atomic mass is 9.68. The van der Waals surface area contributed by atoms with Crippen molar-refractivity contribution in [3.8, 4) is 17.2 Å². The fourth-order valence-electron chi connectivity index (χ4n) is 4.20. The minimum absolute atomic E-state index is 0. The first-order valence-electron chi connectivity index (χ1n) is 9.40. The van der Waals surface area contributed by atoms with Gasteiger partial charge in [-0.3, -0.25) is 4.99 Å². The topological polar surface area (TPSA) is 55.3 Å². The summed E-state index contributed by atoms with van der Waals surface area (Å²) in [5, 5.41) is 3.51. The van der Waals surface area contributed by atoms with Crippen LogP contribution < -0.4 is 19.5 Å². The number of methoxy groups -OCH3 is 3. The number of aliphatic imine (C=N–C) groups is 1. The Morgan fingerprint density at radius 3 is 2.37 bits per heavy atom. The summed E-state index contributed by atoms with van der Waals surface area (Å²) < 4.78 is 16.4. The third kappa shape index (κ3) is 4.55. The molecule has 0 bridgehead atoms. The van der Waals surface area contributed by atoms with Gasteiger partial charge >= 0.3 is 0 Å². The number of hydrogen-bond acceptors (Lipinski definition) is 4. The molecule has 27 heavy (non-hydrogen) atoms. The molecule has 3 rings (SSSR count). The van der Waals surface area contributed by atoms with Gasteiger partial charge in [-0.25, -0.2) is 0 Å². The number of hydrogen-bond donors (Lipinski definition) is 1. The first-order valence-corrected chi connectivity index (χ1v) is 9.40. The quantitative estimate of drug-likeness (QED) is 0.378. The van der Waals surface area contributed by atoms with Crippen molar-refractivity contribution in [2.75, 3.05) is 48.0 Å². The molecule has 1 aromatic carbocycles. The summed E-state index contributed by atoms with van der Waals surface area (Å²) in [7, 11) is 6.79. The molecule has 1 saturated carbocycles. The molecule has 0 radical (unpaired) electrons. The van der Waals surface area contributed by atoms with Gasteiger partial charge in [-0.15, -0.1) is 24.0 Å². The average Bonchev–Trinajstić information content (AvgIpc) is 3.10. The van der Waals surface area contributed by atoms with Crippen LogP contribution >= 0.6 is 24.0 Å². The number of nitrogens with one attached hydrogen (secondary N) is 1. The van der Waals surface area contributed by atoms with Crippen molar-refractivity contribution in [3.05, 3.63) is 17.7 Å². The molecule has 1 N–H and O–H groups in total. The average molecular weight is 489 g/mol. The summed E-state index contributed by atoms with van der Waals surface area (Å²) >= 11 is 0. The summed E-state index contributed by atoms with van der Waals surface area (Å²) in [5.41, 5.74) is 1.66. The van der Waals surface area contributed by atoms with Gasteiger partial charge in [-0.05, 0) is 37.2 Å². The van der Waals surface area contributed by atoms with Gasteiger partial charge in [0, 0.05) is 32.2 Å². The minimum Gasteiger partial charge on any atom is -0.493 e. The maximum Gasteiger partial charge on any atom is 0.203 e. The molecule has 1 aromatic rings. The monoisotopic (exact) mass is 489 g/mol. The summed E-state index contributed by atoms with van der Waals surface area (Å²) in [5.74, 6) is 3.06. The van der Waals surface area contributed by atoms with Gasteiger partial charge in [0.25, 0.3) is 0 Å². The van der Waals surface area contributed by atoms with Crippen molar-refractivity contribution in [2.24, 2.45) is 10.4 Å². The Labute approximate surface area is 179 Å². The molecular formula is C20H32IN3O3. The predicted octanol–water partition coefficient (Wildman–Crippen LogP) is 3.32. The van der Waals surface area contributed by atoms with E-state index in [9.17, 15) is 0 Å². The maximum atomic E-state index is 5.57. The zero-order valence-electron chi connectivity index (χ0n) is 16.8. The first kappa shape index (κ1) is 21.9. The molecule has 0 atom stereocenters. The van der Waals surface area contributed by atoms with E-state index >= 15 is 0 Å². The van der Waals surface area contributed by atoms with Gasteiger partial charge in [0.05, 0.1) is 21.3 Å². The second kappa shape index (κ2) is 9.71. The lowest BCUT2D eigenvalue weighted by Crippen LogP contribution is -2.43. The molecule has 1 saturated heterocycles. The van der Waals surface area contributed by atoms with E-state index in [0.29, 0.717) is 16.9 Å². The van der Waals surface area contributed by atoms with Crippen LogP contribution in [0.5, 0.6) is 17.2 Å². The van der Waals surface area contributed by atoms with Crippen LogP contribution in [0.1, 0.15) is 31.2 Å². The molecule has 1 spiro atoms. The molecule has 0 aromatic heterocycles. The number of rotatable bonds is 6. The second-order valence-electron chi connectivity index (χ2n) is 7.24. The van der Waals surface area contributed by atoms with E-state index in [1.807, 2.05) is 19.2 Å². The van der Waals surface area contributed by atoms with Crippen LogP contribution in [0, 0.1) is 5.41 Å². The maximum absolute atomic E-state index is 5.57. The number of guanidine groups is 1. The smallest absolute Gasteiger partial charge is 0.203 e. The zero-order valence-corrected chi connectivity index (χ0v) is 19.2. The van der Waals surface area contributed by atoms with E-state index in [-0.39, 0.29) is 24.0 Å². The van der Waals surface area contributed by atoms with Gasteiger partial charge in [-0.2, -0.15) is 0 Å². The van der Waals surface area contributed by atoms with Crippen molar-refractivity contribution >= 4 is 29.9 Å². The van der Waals surface area contributed by atoms with Crippen LogP contribution in [0.15, 0.2) is 17.1 Å². The summed E-state index contributed by atoms with van der Waals surface area (Å²) in [6.07, 6.45) is 6.27. The van der Waals surface area contributed by atoms with Gasteiger partial charge < -0.3 is 24.4 Å². The number of likely N-dealkylation sites (tertiary alicyclic amines) is 1. The summed E-state index contributed by atoms with van der Waals surface area (Å²) in [6.45, 7) is 3.05. The highest BCUT2D eigenvalue weighted by Crippen LogP contribution is 2.47. The summed E-state index contributed by atoms with van der Waals surface area (Å²) in [4.78, 5) is 6.89. The van der Waals surface area contributed by atoms with Gasteiger partial charge in [0.2, 0.25) is 5.75 Å². The number of halogens is 1. The van der Waals surface area contributed by atoms with Crippen molar-refractivity contribution in [1.82, 2.24) is 10.2 Å². The minimum atomic E-state index is 0. The van der Waals surface area contributed by atoms with E-state index in [1.54, 1.807) is 21.3 Å². The highest BCUT2D eigenvalue weighted by molar-refractivity contribution is 14.0.